The van der Waals surface area contributed by atoms with Gasteiger partial charge in [0.25, 0.3) is 0 Å². The Morgan fingerprint density at radius 1 is 1.27 bits per heavy atom. The number of rotatable bonds is 3. The molecule has 1 rings (SSSR count). The van der Waals surface area contributed by atoms with E-state index in [1.807, 2.05) is 20.8 Å². The zero-order valence-electron chi connectivity index (χ0n) is 10.2. The summed E-state index contributed by atoms with van der Waals surface area (Å²) in [4.78, 5) is 0. The molecule has 0 saturated heterocycles. The van der Waals surface area contributed by atoms with Crippen LogP contribution < -0.4 is 5.73 Å². The maximum absolute atomic E-state index is 5.96. The van der Waals surface area contributed by atoms with Crippen molar-refractivity contribution in [2.24, 2.45) is 11.7 Å². The van der Waals surface area contributed by atoms with Gasteiger partial charge in [-0.05, 0) is 12.3 Å². The van der Waals surface area contributed by atoms with Gasteiger partial charge in [-0.2, -0.15) is 0 Å². The van der Waals surface area contributed by atoms with Crippen LogP contribution in [0, 0.1) is 5.92 Å². The van der Waals surface area contributed by atoms with Gasteiger partial charge in [-0.15, -0.1) is 10.2 Å². The highest BCUT2D eigenvalue weighted by Gasteiger charge is 2.23. The van der Waals surface area contributed by atoms with Gasteiger partial charge >= 0.3 is 0 Å². The second-order valence-corrected chi connectivity index (χ2v) is 5.43. The van der Waals surface area contributed by atoms with Crippen molar-refractivity contribution in [2.75, 3.05) is 0 Å². The third-order valence-corrected chi connectivity index (χ3v) is 2.12. The molecule has 1 aromatic heterocycles. The van der Waals surface area contributed by atoms with Crippen molar-refractivity contribution >= 4 is 0 Å². The highest BCUT2D eigenvalue weighted by Crippen LogP contribution is 2.24. The normalized spacial score (nSPS) is 14.6. The zero-order valence-corrected chi connectivity index (χ0v) is 10.2. The molecule has 4 nitrogen and oxygen atoms in total. The van der Waals surface area contributed by atoms with E-state index >= 15 is 0 Å². The third kappa shape index (κ3) is 3.30. The molecule has 1 unspecified atom stereocenters. The third-order valence-electron chi connectivity index (χ3n) is 2.12. The highest BCUT2D eigenvalue weighted by atomic mass is 16.4. The van der Waals surface area contributed by atoms with Gasteiger partial charge in [-0.3, -0.25) is 0 Å². The summed E-state index contributed by atoms with van der Waals surface area (Å²) in [6.45, 7) is 10.4. The Balaban J connectivity index is 2.76. The molecular weight excluding hydrogens is 190 g/mol. The van der Waals surface area contributed by atoms with E-state index in [0.29, 0.717) is 17.7 Å². The first-order chi connectivity index (χ1) is 6.80. The summed E-state index contributed by atoms with van der Waals surface area (Å²) in [5.74, 6) is 1.73. The van der Waals surface area contributed by atoms with Crippen LogP contribution in [0.5, 0.6) is 0 Å². The molecule has 15 heavy (non-hydrogen) atoms. The maximum Gasteiger partial charge on any atom is 0.233 e. The topological polar surface area (TPSA) is 64.9 Å². The van der Waals surface area contributed by atoms with Gasteiger partial charge in [0.1, 0.15) is 0 Å². The molecule has 0 spiro atoms. The van der Waals surface area contributed by atoms with E-state index in [1.54, 1.807) is 0 Å². The minimum absolute atomic E-state index is 0.108. The maximum atomic E-state index is 5.96. The van der Waals surface area contributed by atoms with E-state index in [-0.39, 0.29) is 11.5 Å². The van der Waals surface area contributed by atoms with E-state index in [2.05, 4.69) is 24.0 Å². The van der Waals surface area contributed by atoms with E-state index in [0.717, 1.165) is 6.42 Å². The predicted molar refractivity (Wildman–Crippen MR) is 59.4 cm³/mol. The smallest absolute Gasteiger partial charge is 0.233 e. The molecule has 1 heterocycles. The van der Waals surface area contributed by atoms with Crippen LogP contribution in [0.2, 0.25) is 0 Å². The van der Waals surface area contributed by atoms with Gasteiger partial charge in [-0.25, -0.2) is 0 Å². The van der Waals surface area contributed by atoms with Crippen molar-refractivity contribution in [1.82, 2.24) is 10.2 Å². The van der Waals surface area contributed by atoms with Crippen LogP contribution in [0.4, 0.5) is 0 Å². The lowest BCUT2D eigenvalue weighted by molar-refractivity contribution is 0.342. The Bertz CT molecular complexity index is 312. The van der Waals surface area contributed by atoms with Crippen LogP contribution in [-0.4, -0.2) is 10.2 Å². The van der Waals surface area contributed by atoms with Crippen LogP contribution in [0.1, 0.15) is 58.9 Å². The van der Waals surface area contributed by atoms with E-state index < -0.39 is 0 Å². The van der Waals surface area contributed by atoms with Crippen molar-refractivity contribution in [1.29, 1.82) is 0 Å². The molecule has 0 aliphatic heterocycles. The minimum Gasteiger partial charge on any atom is -0.423 e. The van der Waals surface area contributed by atoms with Gasteiger partial charge in [0.15, 0.2) is 0 Å². The van der Waals surface area contributed by atoms with Crippen molar-refractivity contribution in [3.63, 3.8) is 0 Å². The summed E-state index contributed by atoms with van der Waals surface area (Å²) >= 11 is 0. The summed E-state index contributed by atoms with van der Waals surface area (Å²) in [6.07, 6.45) is 0.867. The number of aromatic nitrogens is 2. The average molecular weight is 211 g/mol. The Hall–Kier alpha value is -0.900. The fraction of sp³-hybridized carbons (Fsp3) is 0.818. The van der Waals surface area contributed by atoms with Gasteiger partial charge in [-0.1, -0.05) is 34.6 Å². The standard InChI is InChI=1S/C11H21N3O/c1-7(2)6-8(12)9-13-14-10(15-9)11(3,4)5/h7-8H,6,12H2,1-5H3. The zero-order chi connectivity index (χ0) is 11.6. The van der Waals surface area contributed by atoms with Crippen molar-refractivity contribution < 1.29 is 4.42 Å². The molecule has 1 atom stereocenters. The fourth-order valence-corrected chi connectivity index (χ4v) is 1.30. The molecule has 4 heteroatoms. The Labute approximate surface area is 91.3 Å². The predicted octanol–water partition coefficient (Wildman–Crippen LogP) is 2.41. The van der Waals surface area contributed by atoms with E-state index in [1.165, 1.54) is 0 Å². The summed E-state index contributed by atoms with van der Waals surface area (Å²) in [5, 5.41) is 8.01. The number of hydrogen-bond acceptors (Lipinski definition) is 4. The second kappa shape index (κ2) is 4.31. The lowest BCUT2D eigenvalue weighted by Gasteiger charge is -2.12. The molecule has 1 aromatic rings. The molecule has 0 bridgehead atoms. The lowest BCUT2D eigenvalue weighted by atomic mass is 9.97. The second-order valence-electron chi connectivity index (χ2n) is 5.43. The van der Waals surface area contributed by atoms with Crippen molar-refractivity contribution in [3.05, 3.63) is 11.8 Å². The average Bonchev–Trinajstić information content (AvgIpc) is 2.48. The highest BCUT2D eigenvalue weighted by molar-refractivity contribution is 4.98. The minimum atomic E-state index is -0.145. The van der Waals surface area contributed by atoms with Crippen LogP contribution in [0.3, 0.4) is 0 Å². The molecule has 0 aliphatic carbocycles. The molecule has 0 fully saturated rings. The quantitative estimate of drug-likeness (QED) is 0.833. The summed E-state index contributed by atoms with van der Waals surface area (Å²) in [5.41, 5.74) is 5.85. The first-order valence-corrected chi connectivity index (χ1v) is 5.40. The van der Waals surface area contributed by atoms with Crippen LogP contribution in [-0.2, 0) is 5.41 Å². The number of hydrogen-bond donors (Lipinski definition) is 1. The summed E-state index contributed by atoms with van der Waals surface area (Å²) in [7, 11) is 0. The van der Waals surface area contributed by atoms with Crippen molar-refractivity contribution in [2.45, 2.75) is 52.5 Å². The molecule has 0 radical (unpaired) electrons. The lowest BCUT2D eigenvalue weighted by Crippen LogP contribution is -2.13. The van der Waals surface area contributed by atoms with Gasteiger partial charge < -0.3 is 10.2 Å². The first-order valence-electron chi connectivity index (χ1n) is 5.40. The van der Waals surface area contributed by atoms with Crippen molar-refractivity contribution in [3.8, 4) is 0 Å². The summed E-state index contributed by atoms with van der Waals surface area (Å²) in [6, 6.07) is -0.145. The SMILES string of the molecule is CC(C)CC(N)c1nnc(C(C)(C)C)o1. The van der Waals surface area contributed by atoms with E-state index in [4.69, 9.17) is 10.2 Å². The van der Waals surface area contributed by atoms with E-state index in [9.17, 15) is 0 Å². The van der Waals surface area contributed by atoms with Crippen LogP contribution in [0.25, 0.3) is 0 Å². The number of nitrogens with two attached hydrogens (primary N) is 1. The van der Waals surface area contributed by atoms with Gasteiger partial charge in [0, 0.05) is 5.41 Å². The van der Waals surface area contributed by atoms with Crippen LogP contribution >= 0.6 is 0 Å². The van der Waals surface area contributed by atoms with Crippen LogP contribution in [0.15, 0.2) is 4.42 Å². The molecule has 0 amide bonds. The first kappa shape index (κ1) is 12.2. The number of nitrogens with zero attached hydrogens (tertiary/aromatic N) is 2. The molecule has 2 N–H and O–H groups in total. The monoisotopic (exact) mass is 211 g/mol. The molecule has 0 saturated carbocycles. The Morgan fingerprint density at radius 3 is 2.27 bits per heavy atom. The van der Waals surface area contributed by atoms with Gasteiger partial charge in [0.2, 0.25) is 11.8 Å². The summed E-state index contributed by atoms with van der Waals surface area (Å²) < 4.78 is 5.56. The molecular formula is C11H21N3O. The molecule has 86 valence electrons. The van der Waals surface area contributed by atoms with Gasteiger partial charge in [0.05, 0.1) is 6.04 Å². The fourth-order valence-electron chi connectivity index (χ4n) is 1.30. The Morgan fingerprint density at radius 2 is 1.87 bits per heavy atom. The molecule has 0 aliphatic rings. The largest absolute Gasteiger partial charge is 0.423 e. The Kier molecular flexibility index (Phi) is 3.50. The molecule has 0 aromatic carbocycles.